The number of alkyl halides is 2. The van der Waals surface area contributed by atoms with Gasteiger partial charge in [0.2, 0.25) is 0 Å². The van der Waals surface area contributed by atoms with Crippen molar-refractivity contribution in [3.63, 3.8) is 0 Å². The van der Waals surface area contributed by atoms with E-state index in [1.54, 1.807) is 36.4 Å². The molecule has 11 heteroatoms. The van der Waals surface area contributed by atoms with Crippen LogP contribution in [0.1, 0.15) is 11.1 Å². The average Bonchev–Trinajstić information content (AvgIpc) is 2.96. The van der Waals surface area contributed by atoms with Crippen molar-refractivity contribution >= 4 is 32.3 Å². The van der Waals surface area contributed by atoms with Gasteiger partial charge in [0.1, 0.15) is 22.2 Å². The number of aromatic nitrogens is 1. The zero-order valence-electron chi connectivity index (χ0n) is 17.0. The highest BCUT2D eigenvalue weighted by molar-refractivity contribution is 7.99. The van der Waals surface area contributed by atoms with Gasteiger partial charge in [-0.2, -0.15) is 8.78 Å². The van der Waals surface area contributed by atoms with Crippen molar-refractivity contribution in [2.45, 2.75) is 13.2 Å². The molecule has 0 fully saturated rings. The SMILES string of the molecule is Nc1ccc(CN2C(=O)C(Nc3ccc(OC(F)F)cc3)=C(c3ccccc3)S2(=O)=O)cn1. The maximum absolute atomic E-state index is 13.4. The first-order chi connectivity index (χ1) is 15.8. The molecule has 0 saturated carbocycles. The quantitative estimate of drug-likeness (QED) is 0.542. The molecule has 0 spiro atoms. The number of sulfonamides is 1. The molecule has 1 aromatic heterocycles. The third-order valence-corrected chi connectivity index (χ3v) is 6.61. The molecular formula is C22H18F2N4O4S. The van der Waals surface area contributed by atoms with Crippen LogP contribution in [0.4, 0.5) is 20.3 Å². The third-order valence-electron chi connectivity index (χ3n) is 4.77. The Hall–Kier alpha value is -3.99. The second-order valence-corrected chi connectivity index (χ2v) is 8.81. The highest BCUT2D eigenvalue weighted by atomic mass is 32.2. The number of benzene rings is 2. The van der Waals surface area contributed by atoms with Crippen LogP contribution in [0.25, 0.3) is 4.91 Å². The molecule has 0 unspecified atom stereocenters. The van der Waals surface area contributed by atoms with Crippen LogP contribution in [0.15, 0.2) is 78.6 Å². The Morgan fingerprint density at radius 2 is 1.73 bits per heavy atom. The summed E-state index contributed by atoms with van der Waals surface area (Å²) in [5, 5.41) is 2.83. The number of nitrogens with one attached hydrogen (secondary N) is 1. The Morgan fingerprint density at radius 3 is 2.33 bits per heavy atom. The molecule has 0 saturated heterocycles. The normalized spacial score (nSPS) is 15.2. The number of halogens is 2. The van der Waals surface area contributed by atoms with Gasteiger partial charge in [-0.1, -0.05) is 36.4 Å². The Balaban J connectivity index is 1.72. The van der Waals surface area contributed by atoms with Gasteiger partial charge >= 0.3 is 6.61 Å². The lowest BCUT2D eigenvalue weighted by molar-refractivity contribution is -0.122. The summed E-state index contributed by atoms with van der Waals surface area (Å²) in [4.78, 5) is 17.0. The van der Waals surface area contributed by atoms with E-state index in [1.807, 2.05) is 0 Å². The smallest absolute Gasteiger partial charge is 0.387 e. The second kappa shape index (κ2) is 8.87. The van der Waals surface area contributed by atoms with Crippen LogP contribution in [0.2, 0.25) is 0 Å². The number of carbonyl (C=O) groups excluding carboxylic acids is 1. The lowest BCUT2D eigenvalue weighted by Gasteiger charge is -2.16. The van der Waals surface area contributed by atoms with Crippen LogP contribution in [0, 0.1) is 0 Å². The topological polar surface area (TPSA) is 115 Å². The van der Waals surface area contributed by atoms with E-state index in [0.29, 0.717) is 16.8 Å². The first-order valence-electron chi connectivity index (χ1n) is 9.65. The van der Waals surface area contributed by atoms with Gasteiger partial charge in [-0.25, -0.2) is 17.7 Å². The molecule has 2 aromatic carbocycles. The number of anilines is 2. The fourth-order valence-electron chi connectivity index (χ4n) is 3.28. The average molecular weight is 472 g/mol. The lowest BCUT2D eigenvalue weighted by Crippen LogP contribution is -2.32. The molecule has 2 heterocycles. The van der Waals surface area contributed by atoms with E-state index in [0.717, 1.165) is 4.31 Å². The molecule has 0 aliphatic carbocycles. The number of hydrogen-bond donors (Lipinski definition) is 2. The summed E-state index contributed by atoms with van der Waals surface area (Å²) < 4.78 is 56.7. The van der Waals surface area contributed by atoms with Crippen molar-refractivity contribution in [1.82, 2.24) is 9.29 Å². The van der Waals surface area contributed by atoms with E-state index in [1.165, 1.54) is 36.5 Å². The number of nitrogens with zero attached hydrogens (tertiary/aromatic N) is 2. The first-order valence-corrected chi connectivity index (χ1v) is 11.1. The van der Waals surface area contributed by atoms with Crippen LogP contribution in [-0.2, 0) is 21.4 Å². The molecule has 1 amide bonds. The van der Waals surface area contributed by atoms with Crippen LogP contribution >= 0.6 is 0 Å². The van der Waals surface area contributed by atoms with Crippen molar-refractivity contribution in [3.8, 4) is 5.75 Å². The molecular weight excluding hydrogens is 454 g/mol. The molecule has 170 valence electrons. The number of pyridine rings is 1. The van der Waals surface area contributed by atoms with Gasteiger partial charge in [-0.3, -0.25) is 4.79 Å². The lowest BCUT2D eigenvalue weighted by atomic mass is 10.1. The van der Waals surface area contributed by atoms with E-state index >= 15 is 0 Å². The standard InChI is InChI=1S/C22H18F2N4O4S/c23-22(24)32-17-9-7-16(8-10-17)27-19-20(15-4-2-1-3-5-15)33(30,31)28(21(19)29)13-14-6-11-18(25)26-12-14/h1-12,22,27H,13H2,(H2,25,26). The van der Waals surface area contributed by atoms with Crippen LogP contribution in [0.5, 0.6) is 5.75 Å². The minimum Gasteiger partial charge on any atom is -0.435 e. The maximum Gasteiger partial charge on any atom is 0.387 e. The van der Waals surface area contributed by atoms with Gasteiger partial charge in [0, 0.05) is 11.9 Å². The molecule has 4 rings (SSSR count). The summed E-state index contributed by atoms with van der Waals surface area (Å²) in [7, 11) is -4.21. The minimum absolute atomic E-state index is 0.0735. The number of hydrogen-bond acceptors (Lipinski definition) is 7. The van der Waals surface area contributed by atoms with Crippen molar-refractivity contribution in [2.75, 3.05) is 11.1 Å². The van der Waals surface area contributed by atoms with Gasteiger partial charge in [0.05, 0.1) is 6.54 Å². The van der Waals surface area contributed by atoms with Crippen molar-refractivity contribution in [3.05, 3.63) is 89.8 Å². The maximum atomic E-state index is 13.4. The molecule has 1 aliphatic rings. The van der Waals surface area contributed by atoms with Gasteiger partial charge in [0.25, 0.3) is 15.9 Å². The molecule has 1 aliphatic heterocycles. The summed E-state index contributed by atoms with van der Waals surface area (Å²) >= 11 is 0. The van der Waals surface area contributed by atoms with Gasteiger partial charge < -0.3 is 15.8 Å². The highest BCUT2D eigenvalue weighted by Gasteiger charge is 2.44. The summed E-state index contributed by atoms with van der Waals surface area (Å²) in [5.41, 5.74) is 6.54. The molecule has 33 heavy (non-hydrogen) atoms. The molecule has 3 N–H and O–H groups in total. The molecule has 0 radical (unpaired) electrons. The predicted octanol–water partition coefficient (Wildman–Crippen LogP) is 3.42. The Kier molecular flexibility index (Phi) is 5.97. The Bertz CT molecular complexity index is 1300. The first kappa shape index (κ1) is 22.2. The Labute approximate surface area is 188 Å². The molecule has 0 atom stereocenters. The van der Waals surface area contributed by atoms with Crippen LogP contribution in [-0.4, -0.2) is 30.2 Å². The van der Waals surface area contributed by atoms with Gasteiger partial charge in [0.15, 0.2) is 0 Å². The molecule has 8 nitrogen and oxygen atoms in total. The van der Waals surface area contributed by atoms with E-state index in [2.05, 4.69) is 15.0 Å². The summed E-state index contributed by atoms with van der Waals surface area (Å²) in [6, 6.07) is 16.7. The van der Waals surface area contributed by atoms with Gasteiger partial charge in [-0.15, -0.1) is 0 Å². The number of amides is 1. The largest absolute Gasteiger partial charge is 0.435 e. The van der Waals surface area contributed by atoms with Gasteiger partial charge in [-0.05, 0) is 41.5 Å². The van der Waals surface area contributed by atoms with Crippen molar-refractivity contribution in [2.24, 2.45) is 0 Å². The molecule has 3 aromatic rings. The molecule has 0 bridgehead atoms. The summed E-state index contributed by atoms with van der Waals surface area (Å²) in [5.74, 6) is -0.576. The highest BCUT2D eigenvalue weighted by Crippen LogP contribution is 2.37. The number of carbonyl (C=O) groups is 1. The number of ether oxygens (including phenoxy) is 1. The number of rotatable bonds is 7. The summed E-state index contributed by atoms with van der Waals surface area (Å²) in [6.45, 7) is -3.22. The zero-order chi connectivity index (χ0) is 23.6. The van der Waals surface area contributed by atoms with Crippen molar-refractivity contribution in [1.29, 1.82) is 0 Å². The monoisotopic (exact) mass is 472 g/mol. The number of nitrogen functional groups attached to an aromatic ring is 1. The second-order valence-electron chi connectivity index (χ2n) is 7.01. The Morgan fingerprint density at radius 1 is 1.03 bits per heavy atom. The zero-order valence-corrected chi connectivity index (χ0v) is 17.8. The fraction of sp³-hybridized carbons (Fsp3) is 0.0909. The minimum atomic E-state index is -4.21. The van der Waals surface area contributed by atoms with Crippen LogP contribution < -0.4 is 15.8 Å². The van der Waals surface area contributed by atoms with E-state index in [-0.39, 0.29) is 28.7 Å². The van der Waals surface area contributed by atoms with E-state index in [9.17, 15) is 22.0 Å². The van der Waals surface area contributed by atoms with E-state index in [4.69, 9.17) is 5.73 Å². The van der Waals surface area contributed by atoms with E-state index < -0.39 is 22.5 Å². The third kappa shape index (κ3) is 4.62. The van der Waals surface area contributed by atoms with Crippen LogP contribution in [0.3, 0.4) is 0 Å². The summed E-state index contributed by atoms with van der Waals surface area (Å²) in [6.07, 6.45) is 1.40. The number of nitrogens with two attached hydrogens (primary N) is 1. The van der Waals surface area contributed by atoms with Crippen molar-refractivity contribution < 1.29 is 26.7 Å². The predicted molar refractivity (Wildman–Crippen MR) is 118 cm³/mol. The fourth-order valence-corrected chi connectivity index (χ4v) is 4.96.